The molecule has 0 aliphatic heterocycles. The normalized spacial score (nSPS) is 15.4. The summed E-state index contributed by atoms with van der Waals surface area (Å²) in [6.45, 7) is 1.48. The molecule has 3 rings (SSSR count). The van der Waals surface area contributed by atoms with Gasteiger partial charge in [-0.2, -0.15) is 0 Å². The number of benzene rings is 2. The maximum absolute atomic E-state index is 13.2. The van der Waals surface area contributed by atoms with Gasteiger partial charge in [0.1, 0.15) is 5.75 Å². The van der Waals surface area contributed by atoms with Gasteiger partial charge in [-0.25, -0.2) is 4.79 Å². The molecule has 1 amide bonds. The van der Waals surface area contributed by atoms with E-state index >= 15 is 0 Å². The first kappa shape index (κ1) is 18.0. The van der Waals surface area contributed by atoms with Crippen LogP contribution in [0.4, 0.5) is 5.69 Å². The summed E-state index contributed by atoms with van der Waals surface area (Å²) in [6.07, 6.45) is 3.79. The van der Waals surface area contributed by atoms with Gasteiger partial charge in [0.05, 0.1) is 5.41 Å². The van der Waals surface area contributed by atoms with Crippen molar-refractivity contribution in [3.63, 3.8) is 0 Å². The van der Waals surface area contributed by atoms with Crippen LogP contribution in [0.5, 0.6) is 5.75 Å². The third-order valence-corrected chi connectivity index (χ3v) is 5.03. The molecule has 26 heavy (non-hydrogen) atoms. The molecule has 0 unspecified atom stereocenters. The molecular weight excluding hydrogens is 330 g/mol. The van der Waals surface area contributed by atoms with Crippen molar-refractivity contribution in [1.29, 1.82) is 0 Å². The minimum absolute atomic E-state index is 0.0171. The van der Waals surface area contributed by atoms with Crippen LogP contribution in [-0.2, 0) is 15.0 Å². The Labute approximate surface area is 153 Å². The van der Waals surface area contributed by atoms with Gasteiger partial charge < -0.3 is 15.2 Å². The van der Waals surface area contributed by atoms with Gasteiger partial charge in [0.25, 0.3) is 0 Å². The minimum Gasteiger partial charge on any atom is -0.482 e. The molecule has 2 N–H and O–H groups in total. The van der Waals surface area contributed by atoms with Gasteiger partial charge in [0.15, 0.2) is 6.61 Å². The number of nitrogens with one attached hydrogen (secondary N) is 1. The number of rotatable bonds is 6. The molecule has 2 aromatic carbocycles. The Bertz CT molecular complexity index is 795. The predicted octanol–water partition coefficient (Wildman–Crippen LogP) is 3.91. The van der Waals surface area contributed by atoms with Crippen LogP contribution in [0.15, 0.2) is 48.5 Å². The highest BCUT2D eigenvalue weighted by molar-refractivity contribution is 6.00. The molecule has 1 saturated carbocycles. The smallest absolute Gasteiger partial charge is 0.341 e. The zero-order valence-electron chi connectivity index (χ0n) is 14.8. The van der Waals surface area contributed by atoms with Crippen LogP contribution in [0, 0.1) is 6.92 Å². The van der Waals surface area contributed by atoms with Crippen LogP contribution in [-0.4, -0.2) is 23.6 Å². The number of amides is 1. The molecule has 1 aliphatic carbocycles. The van der Waals surface area contributed by atoms with Crippen LogP contribution >= 0.6 is 0 Å². The summed E-state index contributed by atoms with van der Waals surface area (Å²) in [5, 5.41) is 11.8. The fourth-order valence-electron chi connectivity index (χ4n) is 3.64. The molecule has 0 saturated heterocycles. The van der Waals surface area contributed by atoms with Gasteiger partial charge >= 0.3 is 5.97 Å². The number of carboxylic acid groups (broad SMARTS) is 1. The molecular formula is C21H23NO4. The minimum atomic E-state index is -1.02. The van der Waals surface area contributed by atoms with E-state index in [1.54, 1.807) is 18.2 Å². The topological polar surface area (TPSA) is 75.6 Å². The number of hydrogen-bond donors (Lipinski definition) is 2. The van der Waals surface area contributed by atoms with Crippen molar-refractivity contribution in [2.45, 2.75) is 38.0 Å². The van der Waals surface area contributed by atoms with Crippen LogP contribution in [0.2, 0.25) is 0 Å². The van der Waals surface area contributed by atoms with E-state index in [9.17, 15) is 9.59 Å². The molecule has 0 radical (unpaired) electrons. The van der Waals surface area contributed by atoms with Crippen LogP contribution in [0.25, 0.3) is 0 Å². The summed E-state index contributed by atoms with van der Waals surface area (Å²) >= 11 is 0. The molecule has 0 atom stereocenters. The summed E-state index contributed by atoms with van der Waals surface area (Å²) < 4.78 is 5.18. The molecule has 5 heteroatoms. The van der Waals surface area contributed by atoms with Crippen molar-refractivity contribution in [2.75, 3.05) is 11.9 Å². The average Bonchev–Trinajstić information content (AvgIpc) is 3.14. The van der Waals surface area contributed by atoms with E-state index in [2.05, 4.69) is 5.32 Å². The number of aryl methyl sites for hydroxylation is 1. The van der Waals surface area contributed by atoms with E-state index in [1.165, 1.54) is 0 Å². The van der Waals surface area contributed by atoms with Gasteiger partial charge in [-0.1, -0.05) is 43.2 Å². The van der Waals surface area contributed by atoms with Crippen molar-refractivity contribution in [3.8, 4) is 5.75 Å². The fourth-order valence-corrected chi connectivity index (χ4v) is 3.64. The van der Waals surface area contributed by atoms with Crippen LogP contribution < -0.4 is 10.1 Å². The molecule has 136 valence electrons. The van der Waals surface area contributed by atoms with Crippen molar-refractivity contribution < 1.29 is 19.4 Å². The van der Waals surface area contributed by atoms with Gasteiger partial charge in [0.2, 0.25) is 5.91 Å². The third-order valence-electron chi connectivity index (χ3n) is 5.03. The number of hydrogen-bond acceptors (Lipinski definition) is 3. The first-order valence-electron chi connectivity index (χ1n) is 8.83. The molecule has 0 aromatic heterocycles. The number of carboxylic acids is 1. The third kappa shape index (κ3) is 3.72. The van der Waals surface area contributed by atoms with Gasteiger partial charge in [-0.05, 0) is 49.1 Å². The second kappa shape index (κ2) is 7.60. The Balaban J connectivity index is 1.79. The number of carbonyl (C=O) groups excluding carboxylic acids is 1. The lowest BCUT2D eigenvalue weighted by molar-refractivity contribution is -0.139. The second-order valence-electron chi connectivity index (χ2n) is 6.77. The molecule has 2 aromatic rings. The van der Waals surface area contributed by atoms with Crippen molar-refractivity contribution in [2.24, 2.45) is 0 Å². The van der Waals surface area contributed by atoms with Crippen molar-refractivity contribution in [3.05, 3.63) is 59.7 Å². The first-order valence-corrected chi connectivity index (χ1v) is 8.83. The Hall–Kier alpha value is -2.82. The fraction of sp³-hybridized carbons (Fsp3) is 0.333. The van der Waals surface area contributed by atoms with Gasteiger partial charge in [-0.3, -0.25) is 4.79 Å². The van der Waals surface area contributed by atoms with Crippen LogP contribution in [0.1, 0.15) is 36.8 Å². The standard InChI is InChI=1S/C21H23NO4/c1-15-13-17(26-14-19(23)24)9-10-18(15)22-20(25)21(11-5-6-12-21)16-7-3-2-4-8-16/h2-4,7-10,13H,5-6,11-12,14H2,1H3,(H,22,25)(H,23,24). The van der Waals surface area contributed by atoms with Gasteiger partial charge in [0, 0.05) is 5.69 Å². The SMILES string of the molecule is Cc1cc(OCC(=O)O)ccc1NC(=O)C1(c2ccccc2)CCCC1. The zero-order chi connectivity index (χ0) is 18.6. The number of ether oxygens (including phenoxy) is 1. The number of anilines is 1. The molecule has 5 nitrogen and oxygen atoms in total. The molecule has 0 bridgehead atoms. The lowest BCUT2D eigenvalue weighted by Crippen LogP contribution is -2.38. The summed E-state index contributed by atoms with van der Waals surface area (Å²) in [7, 11) is 0. The highest BCUT2D eigenvalue weighted by Crippen LogP contribution is 2.42. The maximum Gasteiger partial charge on any atom is 0.341 e. The largest absolute Gasteiger partial charge is 0.482 e. The van der Waals surface area contributed by atoms with E-state index in [1.807, 2.05) is 37.3 Å². The zero-order valence-corrected chi connectivity index (χ0v) is 14.8. The quantitative estimate of drug-likeness (QED) is 0.826. The summed E-state index contributed by atoms with van der Waals surface area (Å²) in [4.78, 5) is 23.8. The highest BCUT2D eigenvalue weighted by atomic mass is 16.5. The van der Waals surface area contributed by atoms with Gasteiger partial charge in [-0.15, -0.1) is 0 Å². The summed E-state index contributed by atoms with van der Waals surface area (Å²) in [6, 6.07) is 15.1. The molecule has 0 heterocycles. The maximum atomic E-state index is 13.2. The Morgan fingerprint density at radius 3 is 2.42 bits per heavy atom. The van der Waals surface area contributed by atoms with E-state index in [0.29, 0.717) is 5.75 Å². The summed E-state index contributed by atoms with van der Waals surface area (Å²) in [5.41, 5.74) is 2.14. The van der Waals surface area contributed by atoms with E-state index in [-0.39, 0.29) is 12.5 Å². The molecule has 0 spiro atoms. The predicted molar refractivity (Wildman–Crippen MR) is 99.5 cm³/mol. The Morgan fingerprint density at radius 1 is 1.12 bits per heavy atom. The lowest BCUT2D eigenvalue weighted by atomic mass is 9.78. The Kier molecular flexibility index (Phi) is 5.26. The summed E-state index contributed by atoms with van der Waals surface area (Å²) in [5.74, 6) is -0.531. The molecule has 1 fully saturated rings. The second-order valence-corrected chi connectivity index (χ2v) is 6.77. The van der Waals surface area contributed by atoms with Crippen molar-refractivity contribution >= 4 is 17.6 Å². The lowest BCUT2D eigenvalue weighted by Gasteiger charge is -2.28. The van der Waals surface area contributed by atoms with Crippen LogP contribution in [0.3, 0.4) is 0 Å². The van der Waals surface area contributed by atoms with E-state index < -0.39 is 11.4 Å². The Morgan fingerprint density at radius 2 is 1.81 bits per heavy atom. The molecule has 1 aliphatic rings. The average molecular weight is 353 g/mol. The number of carbonyl (C=O) groups is 2. The highest BCUT2D eigenvalue weighted by Gasteiger charge is 2.42. The van der Waals surface area contributed by atoms with E-state index in [0.717, 1.165) is 42.5 Å². The van der Waals surface area contributed by atoms with Crippen molar-refractivity contribution in [1.82, 2.24) is 0 Å². The van der Waals surface area contributed by atoms with E-state index in [4.69, 9.17) is 9.84 Å². The first-order chi connectivity index (χ1) is 12.5. The monoisotopic (exact) mass is 353 g/mol. The number of aliphatic carboxylic acids is 1.